The summed E-state index contributed by atoms with van der Waals surface area (Å²) >= 11 is 0. The third-order valence-electron chi connectivity index (χ3n) is 3.70. The number of nitro groups is 1. The second-order valence-electron chi connectivity index (χ2n) is 5.02. The number of carbonyl (C=O) groups is 1. The van der Waals surface area contributed by atoms with Crippen LogP contribution in [0.1, 0.15) is 31.2 Å². The molecule has 0 unspecified atom stereocenters. The predicted molar refractivity (Wildman–Crippen MR) is 71.8 cm³/mol. The first kappa shape index (κ1) is 13.5. The first-order chi connectivity index (χ1) is 8.94. The molecule has 3 N–H and O–H groups in total. The Hall–Kier alpha value is -1.95. The fraction of sp³-hybridized carbons (Fsp3) is 0.462. The Kier molecular flexibility index (Phi) is 3.53. The minimum atomic E-state index is -0.836. The Labute approximate surface area is 111 Å². The molecule has 19 heavy (non-hydrogen) atoms. The molecule has 0 atom stereocenters. The van der Waals surface area contributed by atoms with Gasteiger partial charge in [-0.1, -0.05) is 18.9 Å². The van der Waals surface area contributed by atoms with Crippen LogP contribution in [0.5, 0.6) is 0 Å². The van der Waals surface area contributed by atoms with E-state index in [0.717, 1.165) is 12.8 Å². The Bertz CT molecular complexity index is 522. The number of nitrogens with two attached hydrogens (primary N) is 1. The van der Waals surface area contributed by atoms with E-state index in [0.29, 0.717) is 24.1 Å². The van der Waals surface area contributed by atoms with Crippen LogP contribution in [0, 0.1) is 17.0 Å². The number of anilines is 1. The van der Waals surface area contributed by atoms with Gasteiger partial charge in [-0.05, 0) is 25.8 Å². The molecule has 102 valence electrons. The van der Waals surface area contributed by atoms with E-state index >= 15 is 0 Å². The van der Waals surface area contributed by atoms with Crippen molar-refractivity contribution in [1.82, 2.24) is 0 Å². The molecular weight excluding hydrogens is 246 g/mol. The summed E-state index contributed by atoms with van der Waals surface area (Å²) in [5.41, 5.74) is 6.11. The molecule has 0 spiro atoms. The van der Waals surface area contributed by atoms with Crippen LogP contribution in [-0.2, 0) is 4.79 Å². The van der Waals surface area contributed by atoms with Crippen LogP contribution in [0.4, 0.5) is 11.4 Å². The lowest BCUT2D eigenvalue weighted by atomic mass is 9.97. The van der Waals surface area contributed by atoms with E-state index < -0.39 is 10.5 Å². The number of nitro benzene ring substituents is 1. The molecule has 2 rings (SSSR count). The minimum Gasteiger partial charge on any atom is -0.324 e. The first-order valence-corrected chi connectivity index (χ1v) is 6.28. The summed E-state index contributed by atoms with van der Waals surface area (Å²) in [6.45, 7) is 1.62. The van der Waals surface area contributed by atoms with E-state index in [9.17, 15) is 14.9 Å². The number of carbonyl (C=O) groups excluding carboxylic acids is 1. The Morgan fingerprint density at radius 1 is 1.42 bits per heavy atom. The quantitative estimate of drug-likeness (QED) is 0.644. The third-order valence-corrected chi connectivity index (χ3v) is 3.70. The van der Waals surface area contributed by atoms with E-state index in [1.807, 2.05) is 0 Å². The molecule has 1 aliphatic rings. The number of rotatable bonds is 3. The second kappa shape index (κ2) is 4.97. The molecule has 0 radical (unpaired) electrons. The molecule has 0 aliphatic heterocycles. The largest absolute Gasteiger partial charge is 0.324 e. The van der Waals surface area contributed by atoms with Crippen LogP contribution < -0.4 is 11.1 Å². The van der Waals surface area contributed by atoms with Crippen molar-refractivity contribution in [3.8, 4) is 0 Å². The lowest BCUT2D eigenvalue weighted by molar-refractivity contribution is -0.385. The molecule has 1 saturated carbocycles. The van der Waals surface area contributed by atoms with Crippen molar-refractivity contribution in [2.45, 2.75) is 38.1 Å². The zero-order valence-corrected chi connectivity index (χ0v) is 10.8. The van der Waals surface area contributed by atoms with Gasteiger partial charge in [-0.2, -0.15) is 0 Å². The summed E-state index contributed by atoms with van der Waals surface area (Å²) < 4.78 is 0. The number of nitrogens with one attached hydrogen (secondary N) is 1. The zero-order valence-electron chi connectivity index (χ0n) is 10.8. The standard InChI is InChI=1S/C13H17N3O3/c1-9-10(5-4-6-11(9)16(18)19)15-12(17)13(14)7-2-3-8-13/h4-6H,2-3,7-8,14H2,1H3,(H,15,17). The van der Waals surface area contributed by atoms with Crippen molar-refractivity contribution in [2.75, 3.05) is 5.32 Å². The Morgan fingerprint density at radius 2 is 2.05 bits per heavy atom. The topological polar surface area (TPSA) is 98.3 Å². The van der Waals surface area contributed by atoms with Crippen molar-refractivity contribution < 1.29 is 9.72 Å². The summed E-state index contributed by atoms with van der Waals surface area (Å²) in [4.78, 5) is 22.6. The molecule has 1 aromatic rings. The zero-order chi connectivity index (χ0) is 14.0. The SMILES string of the molecule is Cc1c(NC(=O)C2(N)CCCC2)cccc1[N+](=O)[O-]. The lowest BCUT2D eigenvalue weighted by Crippen LogP contribution is -2.48. The van der Waals surface area contributed by atoms with Gasteiger partial charge in [-0.3, -0.25) is 14.9 Å². The van der Waals surface area contributed by atoms with Gasteiger partial charge in [0.05, 0.1) is 21.7 Å². The maximum Gasteiger partial charge on any atom is 0.274 e. The monoisotopic (exact) mass is 263 g/mol. The van der Waals surface area contributed by atoms with Crippen molar-refractivity contribution >= 4 is 17.3 Å². The summed E-state index contributed by atoms with van der Waals surface area (Å²) in [6, 6.07) is 4.62. The van der Waals surface area contributed by atoms with Gasteiger partial charge >= 0.3 is 0 Å². The normalized spacial score (nSPS) is 17.2. The van der Waals surface area contributed by atoms with Gasteiger partial charge in [0.15, 0.2) is 0 Å². The molecule has 0 heterocycles. The molecular formula is C13H17N3O3. The van der Waals surface area contributed by atoms with Crippen molar-refractivity contribution in [3.63, 3.8) is 0 Å². The molecule has 1 aliphatic carbocycles. The fourth-order valence-corrected chi connectivity index (χ4v) is 2.44. The van der Waals surface area contributed by atoms with E-state index in [4.69, 9.17) is 5.73 Å². The van der Waals surface area contributed by atoms with Crippen LogP contribution in [0.15, 0.2) is 18.2 Å². The number of nitrogens with zero attached hydrogens (tertiary/aromatic N) is 1. The predicted octanol–water partition coefficient (Wildman–Crippen LogP) is 2.11. The van der Waals surface area contributed by atoms with Crippen LogP contribution in [0.3, 0.4) is 0 Å². The second-order valence-corrected chi connectivity index (χ2v) is 5.02. The Balaban J connectivity index is 2.22. The van der Waals surface area contributed by atoms with Crippen LogP contribution in [0.2, 0.25) is 0 Å². The molecule has 0 aromatic heterocycles. The van der Waals surface area contributed by atoms with Gasteiger partial charge < -0.3 is 11.1 Å². The molecule has 1 aromatic carbocycles. The van der Waals surface area contributed by atoms with Crippen molar-refractivity contribution in [3.05, 3.63) is 33.9 Å². The first-order valence-electron chi connectivity index (χ1n) is 6.28. The smallest absolute Gasteiger partial charge is 0.274 e. The summed E-state index contributed by atoms with van der Waals surface area (Å²) in [7, 11) is 0. The molecule has 6 nitrogen and oxygen atoms in total. The summed E-state index contributed by atoms with van der Waals surface area (Å²) in [5.74, 6) is -0.256. The van der Waals surface area contributed by atoms with E-state index in [1.165, 1.54) is 6.07 Å². The highest BCUT2D eigenvalue weighted by molar-refractivity contribution is 5.99. The van der Waals surface area contributed by atoms with Gasteiger partial charge in [-0.25, -0.2) is 0 Å². The van der Waals surface area contributed by atoms with Gasteiger partial charge in [0.1, 0.15) is 0 Å². The van der Waals surface area contributed by atoms with Gasteiger partial charge in [0.2, 0.25) is 5.91 Å². The van der Waals surface area contributed by atoms with E-state index in [1.54, 1.807) is 19.1 Å². The van der Waals surface area contributed by atoms with E-state index in [-0.39, 0.29) is 11.6 Å². The van der Waals surface area contributed by atoms with Crippen molar-refractivity contribution in [2.24, 2.45) is 5.73 Å². The van der Waals surface area contributed by atoms with Gasteiger partial charge in [0.25, 0.3) is 5.69 Å². The fourth-order valence-electron chi connectivity index (χ4n) is 2.44. The highest BCUT2D eigenvalue weighted by Gasteiger charge is 2.37. The summed E-state index contributed by atoms with van der Waals surface area (Å²) in [6.07, 6.45) is 3.20. The highest BCUT2D eigenvalue weighted by atomic mass is 16.6. The average Bonchev–Trinajstić information content (AvgIpc) is 2.80. The van der Waals surface area contributed by atoms with E-state index in [2.05, 4.69) is 5.32 Å². The third kappa shape index (κ3) is 2.58. The van der Waals surface area contributed by atoms with Crippen LogP contribution in [-0.4, -0.2) is 16.4 Å². The average molecular weight is 263 g/mol. The van der Waals surface area contributed by atoms with Crippen LogP contribution in [0.25, 0.3) is 0 Å². The lowest BCUT2D eigenvalue weighted by Gasteiger charge is -2.22. The number of hydrogen-bond acceptors (Lipinski definition) is 4. The van der Waals surface area contributed by atoms with Crippen LogP contribution >= 0.6 is 0 Å². The summed E-state index contributed by atoms with van der Waals surface area (Å²) in [5, 5.41) is 13.6. The maximum atomic E-state index is 12.2. The number of amides is 1. The number of hydrogen-bond donors (Lipinski definition) is 2. The maximum absolute atomic E-state index is 12.2. The molecule has 1 fully saturated rings. The molecule has 1 amide bonds. The molecule has 0 saturated heterocycles. The van der Waals surface area contributed by atoms with Crippen molar-refractivity contribution in [1.29, 1.82) is 0 Å². The Morgan fingerprint density at radius 3 is 2.63 bits per heavy atom. The molecule has 0 bridgehead atoms. The number of benzene rings is 1. The van der Waals surface area contributed by atoms with Gasteiger partial charge in [0, 0.05) is 6.07 Å². The minimum absolute atomic E-state index is 0.00436. The molecule has 6 heteroatoms. The highest BCUT2D eigenvalue weighted by Crippen LogP contribution is 2.30. The van der Waals surface area contributed by atoms with Gasteiger partial charge in [-0.15, -0.1) is 0 Å².